The van der Waals surface area contributed by atoms with E-state index in [-0.39, 0.29) is 19.3 Å². The molecule has 1 aliphatic heterocycles. The molecule has 4 aromatic carbocycles. The Hall–Kier alpha value is -5.09. The van der Waals surface area contributed by atoms with Gasteiger partial charge in [0.2, 0.25) is 0 Å². The number of thioether (sulfide) groups is 1. The monoisotopic (exact) mass is 680 g/mol. The fourth-order valence-electron chi connectivity index (χ4n) is 5.53. The lowest BCUT2D eigenvalue weighted by Gasteiger charge is -2.35. The second-order valence-electron chi connectivity index (χ2n) is 12.5. The summed E-state index contributed by atoms with van der Waals surface area (Å²) < 4.78 is 11.0. The number of ether oxygens (including phenoxy) is 2. The number of benzene rings is 4. The average Bonchev–Trinajstić information content (AvgIpc) is 3.41. The highest BCUT2D eigenvalue weighted by molar-refractivity contribution is 8.00. The van der Waals surface area contributed by atoms with Crippen molar-refractivity contribution in [2.24, 2.45) is 0 Å². The van der Waals surface area contributed by atoms with Crippen LogP contribution < -0.4 is 10.1 Å². The molecule has 3 amide bonds. The maximum Gasteiger partial charge on any atom is 0.408 e. The highest BCUT2D eigenvalue weighted by Gasteiger charge is 2.37. The Morgan fingerprint density at radius 3 is 1.71 bits per heavy atom. The number of hydrogen-bond donors (Lipinski definition) is 1. The summed E-state index contributed by atoms with van der Waals surface area (Å²) in [6.07, 6.45) is -0.883. The third-order valence-corrected chi connectivity index (χ3v) is 9.25. The van der Waals surface area contributed by atoms with Crippen molar-refractivity contribution in [3.63, 3.8) is 0 Å². The van der Waals surface area contributed by atoms with E-state index in [1.54, 1.807) is 56.8 Å². The number of amides is 3. The number of alkyl carbamates (subject to hydrolysis) is 1. The fraction of sp³-hybridized carbons (Fsp3) is 0.282. The van der Waals surface area contributed by atoms with Crippen LogP contribution in [-0.2, 0) is 35.1 Å². The second-order valence-corrected chi connectivity index (χ2v) is 13.8. The van der Waals surface area contributed by atoms with Crippen LogP contribution in [0.1, 0.15) is 55.9 Å². The molecule has 0 spiro atoms. The minimum Gasteiger partial charge on any atom is -0.493 e. The molecule has 1 fully saturated rings. The maximum atomic E-state index is 13.1. The molecule has 254 valence electrons. The Bertz CT molecular complexity index is 1610. The number of carbonyl (C=O) groups is 4. The van der Waals surface area contributed by atoms with Crippen LogP contribution in [0, 0.1) is 0 Å². The molecule has 9 nitrogen and oxygen atoms in total. The SMILES string of the molecule is CC(C)(C)OC(=O)N[C@H](Cc1ccc(OCCSC(c2ccccc2)(c2ccccc2)c2ccccc2)cc1)C(=O)ON1C(=O)CCC1=O. The normalized spacial score (nSPS) is 13.9. The minimum atomic E-state index is -1.22. The molecule has 0 unspecified atom stereocenters. The molecule has 0 saturated carbocycles. The van der Waals surface area contributed by atoms with Crippen LogP contribution in [0.15, 0.2) is 115 Å². The van der Waals surface area contributed by atoms with Crippen LogP contribution in [0.3, 0.4) is 0 Å². The van der Waals surface area contributed by atoms with E-state index >= 15 is 0 Å². The van der Waals surface area contributed by atoms with Crippen molar-refractivity contribution < 1.29 is 33.5 Å². The van der Waals surface area contributed by atoms with Gasteiger partial charge in [-0.25, -0.2) is 9.59 Å². The zero-order chi connectivity index (χ0) is 34.9. The van der Waals surface area contributed by atoms with Crippen molar-refractivity contribution in [1.82, 2.24) is 10.4 Å². The summed E-state index contributed by atoms with van der Waals surface area (Å²) in [7, 11) is 0. The van der Waals surface area contributed by atoms with E-state index in [1.807, 2.05) is 18.2 Å². The number of carbonyl (C=O) groups excluding carboxylic acids is 4. The lowest BCUT2D eigenvalue weighted by atomic mass is 9.84. The first-order valence-electron chi connectivity index (χ1n) is 16.1. The second kappa shape index (κ2) is 15.9. The van der Waals surface area contributed by atoms with Gasteiger partial charge in [-0.05, 0) is 55.2 Å². The van der Waals surface area contributed by atoms with Gasteiger partial charge in [0.05, 0.1) is 11.4 Å². The maximum absolute atomic E-state index is 13.1. The van der Waals surface area contributed by atoms with Gasteiger partial charge in [-0.3, -0.25) is 9.59 Å². The molecule has 0 aromatic heterocycles. The number of hydrogen-bond acceptors (Lipinski definition) is 8. The van der Waals surface area contributed by atoms with Gasteiger partial charge in [-0.15, -0.1) is 16.8 Å². The summed E-state index contributed by atoms with van der Waals surface area (Å²) in [5, 5.41) is 2.98. The first-order chi connectivity index (χ1) is 23.5. The van der Waals surface area contributed by atoms with Crippen molar-refractivity contribution in [2.45, 2.75) is 56.4 Å². The Morgan fingerprint density at radius 1 is 0.755 bits per heavy atom. The number of hydroxylamine groups is 2. The Kier molecular flexibility index (Phi) is 11.4. The number of nitrogens with one attached hydrogen (secondary N) is 1. The molecule has 0 bridgehead atoms. The zero-order valence-corrected chi connectivity index (χ0v) is 28.6. The Balaban J connectivity index is 1.26. The van der Waals surface area contributed by atoms with Crippen molar-refractivity contribution in [3.05, 3.63) is 138 Å². The van der Waals surface area contributed by atoms with Crippen LogP contribution in [0.5, 0.6) is 5.75 Å². The van der Waals surface area contributed by atoms with Crippen LogP contribution >= 0.6 is 11.8 Å². The van der Waals surface area contributed by atoms with Gasteiger partial charge in [0.15, 0.2) is 0 Å². The van der Waals surface area contributed by atoms with E-state index in [2.05, 4.69) is 78.1 Å². The summed E-state index contributed by atoms with van der Waals surface area (Å²) in [6, 6.07) is 37.4. The fourth-order valence-corrected chi connectivity index (χ4v) is 6.92. The smallest absolute Gasteiger partial charge is 0.408 e. The zero-order valence-electron chi connectivity index (χ0n) is 27.8. The van der Waals surface area contributed by atoms with Gasteiger partial charge < -0.3 is 19.6 Å². The van der Waals surface area contributed by atoms with Gasteiger partial charge in [0, 0.05) is 25.0 Å². The molecule has 49 heavy (non-hydrogen) atoms. The molecule has 1 aliphatic rings. The van der Waals surface area contributed by atoms with E-state index in [1.165, 1.54) is 16.7 Å². The summed E-state index contributed by atoms with van der Waals surface area (Å²) in [6.45, 7) is 5.53. The average molecular weight is 681 g/mol. The highest BCUT2D eigenvalue weighted by atomic mass is 32.2. The van der Waals surface area contributed by atoms with Crippen LogP contribution in [0.25, 0.3) is 0 Å². The van der Waals surface area contributed by atoms with E-state index in [0.717, 1.165) is 0 Å². The summed E-state index contributed by atoms with van der Waals surface area (Å²) >= 11 is 1.80. The molecule has 0 aliphatic carbocycles. The molecule has 1 saturated heterocycles. The molecule has 0 radical (unpaired) electrons. The number of imide groups is 1. The van der Waals surface area contributed by atoms with Crippen molar-refractivity contribution in [1.29, 1.82) is 0 Å². The van der Waals surface area contributed by atoms with Gasteiger partial charge in [0.1, 0.15) is 17.4 Å². The van der Waals surface area contributed by atoms with Crippen LogP contribution in [0.2, 0.25) is 0 Å². The molecule has 5 rings (SSSR count). The first kappa shape index (κ1) is 35.2. The minimum absolute atomic E-state index is 0.0260. The van der Waals surface area contributed by atoms with Crippen molar-refractivity contribution >= 4 is 35.6 Å². The quantitative estimate of drug-likeness (QED) is 0.0930. The third kappa shape index (κ3) is 9.08. The van der Waals surface area contributed by atoms with E-state index in [9.17, 15) is 19.2 Å². The van der Waals surface area contributed by atoms with E-state index < -0.39 is 40.3 Å². The molecular formula is C39H40N2O7S. The first-order valence-corrected chi connectivity index (χ1v) is 17.1. The number of rotatable bonds is 13. The standard InChI is InChI=1S/C39H40N2O7S/c1-38(2,3)47-37(45)40-33(36(44)48-41-34(42)23-24-35(41)43)27-28-19-21-32(22-20-28)46-25-26-49-39(29-13-7-4-8-14-29,30-15-9-5-10-16-30)31-17-11-6-12-18-31/h4-22,33H,23-27H2,1-3H3,(H,40,45)/t33-/m1/s1. The molecule has 1 N–H and O–H groups in total. The largest absolute Gasteiger partial charge is 0.493 e. The van der Waals surface area contributed by atoms with E-state index in [0.29, 0.717) is 28.7 Å². The number of nitrogens with zero attached hydrogens (tertiary/aromatic N) is 1. The Labute approximate surface area is 290 Å². The molecular weight excluding hydrogens is 641 g/mol. The topological polar surface area (TPSA) is 111 Å². The highest BCUT2D eigenvalue weighted by Crippen LogP contribution is 2.48. The molecule has 1 atom stereocenters. The lowest BCUT2D eigenvalue weighted by molar-refractivity contribution is -0.198. The summed E-state index contributed by atoms with van der Waals surface area (Å²) in [4.78, 5) is 54.8. The third-order valence-electron chi connectivity index (χ3n) is 7.74. The summed E-state index contributed by atoms with van der Waals surface area (Å²) in [5.74, 6) is -0.848. The Morgan fingerprint density at radius 2 is 1.24 bits per heavy atom. The molecule has 1 heterocycles. The van der Waals surface area contributed by atoms with Gasteiger partial charge >= 0.3 is 12.1 Å². The molecule has 10 heteroatoms. The van der Waals surface area contributed by atoms with Crippen molar-refractivity contribution in [2.75, 3.05) is 12.4 Å². The predicted octanol–water partition coefficient (Wildman–Crippen LogP) is 6.83. The van der Waals surface area contributed by atoms with Gasteiger partial charge in [0.25, 0.3) is 11.8 Å². The predicted molar refractivity (Wildman–Crippen MR) is 188 cm³/mol. The van der Waals surface area contributed by atoms with Crippen LogP contribution in [0.4, 0.5) is 4.79 Å². The lowest BCUT2D eigenvalue weighted by Crippen LogP contribution is -2.48. The van der Waals surface area contributed by atoms with Crippen molar-refractivity contribution in [3.8, 4) is 5.75 Å². The van der Waals surface area contributed by atoms with E-state index in [4.69, 9.17) is 14.3 Å². The molecule has 4 aromatic rings. The van der Waals surface area contributed by atoms with Gasteiger partial charge in [-0.2, -0.15) is 0 Å². The van der Waals surface area contributed by atoms with Gasteiger partial charge in [-0.1, -0.05) is 103 Å². The van der Waals surface area contributed by atoms with Crippen LogP contribution in [-0.4, -0.2) is 52.9 Å². The summed E-state index contributed by atoms with van der Waals surface area (Å²) in [5.41, 5.74) is 3.41.